The molecule has 1 amide bonds. The number of hydrogen-bond acceptors (Lipinski definition) is 2. The van der Waals surface area contributed by atoms with E-state index in [0.717, 1.165) is 6.42 Å². The molecule has 1 atom stereocenters. The van der Waals surface area contributed by atoms with Gasteiger partial charge in [-0.15, -0.1) is 12.4 Å². The topological polar surface area (TPSA) is 55.1 Å². The van der Waals surface area contributed by atoms with E-state index in [2.05, 4.69) is 50.4 Å². The Balaban J connectivity index is 0.00000400. The molecule has 0 aliphatic carbocycles. The van der Waals surface area contributed by atoms with E-state index in [1.807, 2.05) is 6.92 Å². The lowest BCUT2D eigenvalue weighted by atomic mass is 9.83. The smallest absolute Gasteiger partial charge is 0.239 e. The van der Waals surface area contributed by atoms with Gasteiger partial charge in [-0.2, -0.15) is 0 Å². The summed E-state index contributed by atoms with van der Waals surface area (Å²) in [6, 6.07) is 8.40. The van der Waals surface area contributed by atoms with Gasteiger partial charge in [0.15, 0.2) is 0 Å². The normalized spacial score (nSPS) is 14.0. The van der Waals surface area contributed by atoms with E-state index in [9.17, 15) is 4.79 Å². The molecule has 0 aromatic heterocycles. The van der Waals surface area contributed by atoms with Gasteiger partial charge in [0.2, 0.25) is 5.91 Å². The SMILES string of the molecule is CCCC(C)(N)C(=O)NCC(C)(C)c1cccc(C)c1.Cl. The molecule has 1 aromatic rings. The van der Waals surface area contributed by atoms with Crippen LogP contribution < -0.4 is 11.1 Å². The van der Waals surface area contributed by atoms with Crippen molar-refractivity contribution >= 4 is 18.3 Å². The maximum absolute atomic E-state index is 12.2. The number of carbonyl (C=O) groups excluding carboxylic acids is 1. The van der Waals surface area contributed by atoms with Gasteiger partial charge < -0.3 is 11.1 Å². The fraction of sp³-hybridized carbons (Fsp3) is 0.588. The van der Waals surface area contributed by atoms with E-state index < -0.39 is 5.54 Å². The third-order valence-electron chi connectivity index (χ3n) is 3.78. The number of amides is 1. The van der Waals surface area contributed by atoms with Crippen molar-refractivity contribution in [2.75, 3.05) is 6.54 Å². The first-order valence-electron chi connectivity index (χ1n) is 7.33. The number of carbonyl (C=O) groups is 1. The Kier molecular flexibility index (Phi) is 7.41. The molecule has 3 nitrogen and oxygen atoms in total. The van der Waals surface area contributed by atoms with Crippen LogP contribution in [0.25, 0.3) is 0 Å². The predicted octanol–water partition coefficient (Wildman–Crippen LogP) is 3.33. The zero-order valence-corrected chi connectivity index (χ0v) is 14.6. The minimum atomic E-state index is -0.780. The van der Waals surface area contributed by atoms with Crippen molar-refractivity contribution in [2.24, 2.45) is 5.73 Å². The number of hydrogen-bond donors (Lipinski definition) is 2. The molecular weight excluding hydrogens is 284 g/mol. The zero-order valence-electron chi connectivity index (χ0n) is 13.8. The summed E-state index contributed by atoms with van der Waals surface area (Å²) in [6.45, 7) is 10.8. The number of halogens is 1. The fourth-order valence-electron chi connectivity index (χ4n) is 2.30. The summed E-state index contributed by atoms with van der Waals surface area (Å²) in [5, 5.41) is 3.00. The summed E-state index contributed by atoms with van der Waals surface area (Å²) in [6.07, 6.45) is 1.60. The Bertz CT molecular complexity index is 470. The molecule has 0 aliphatic rings. The highest BCUT2D eigenvalue weighted by molar-refractivity contribution is 5.85. The van der Waals surface area contributed by atoms with Crippen LogP contribution in [0, 0.1) is 6.92 Å². The first kappa shape index (κ1) is 19.9. The van der Waals surface area contributed by atoms with E-state index in [1.165, 1.54) is 11.1 Å². The van der Waals surface area contributed by atoms with Crippen molar-refractivity contribution in [3.63, 3.8) is 0 Å². The molecule has 120 valence electrons. The molecule has 0 saturated carbocycles. The molecule has 1 aromatic carbocycles. The second-order valence-corrected chi connectivity index (χ2v) is 6.60. The summed E-state index contributed by atoms with van der Waals surface area (Å²) < 4.78 is 0. The molecule has 0 saturated heterocycles. The Hall–Kier alpha value is -1.06. The van der Waals surface area contributed by atoms with E-state index in [-0.39, 0.29) is 23.7 Å². The van der Waals surface area contributed by atoms with Crippen LogP contribution in [0.15, 0.2) is 24.3 Å². The average Bonchev–Trinajstić information content (AvgIpc) is 2.36. The van der Waals surface area contributed by atoms with Crippen LogP contribution in [0.5, 0.6) is 0 Å². The first-order chi connectivity index (χ1) is 9.19. The standard InChI is InChI=1S/C17H28N2O.ClH/c1-6-10-17(5,18)15(20)19-12-16(3,4)14-9-7-8-13(2)11-14;/h7-9,11H,6,10,12,18H2,1-5H3,(H,19,20);1H. The second kappa shape index (κ2) is 7.81. The number of rotatable bonds is 6. The van der Waals surface area contributed by atoms with Crippen molar-refractivity contribution in [1.29, 1.82) is 0 Å². The van der Waals surface area contributed by atoms with Crippen molar-refractivity contribution in [2.45, 2.75) is 58.4 Å². The van der Waals surface area contributed by atoms with Gasteiger partial charge in [0, 0.05) is 12.0 Å². The molecule has 1 unspecified atom stereocenters. The maximum Gasteiger partial charge on any atom is 0.239 e. The number of nitrogens with two attached hydrogens (primary N) is 1. The molecular formula is C17H29ClN2O. The lowest BCUT2D eigenvalue weighted by molar-refractivity contribution is -0.126. The van der Waals surface area contributed by atoms with Gasteiger partial charge in [-0.05, 0) is 25.8 Å². The molecule has 0 radical (unpaired) electrons. The van der Waals surface area contributed by atoms with E-state index in [0.29, 0.717) is 13.0 Å². The molecule has 0 spiro atoms. The van der Waals surface area contributed by atoms with Crippen LogP contribution >= 0.6 is 12.4 Å². The summed E-state index contributed by atoms with van der Waals surface area (Å²) in [5.74, 6) is -0.0694. The van der Waals surface area contributed by atoms with Crippen molar-refractivity contribution in [1.82, 2.24) is 5.32 Å². The molecule has 0 aliphatic heterocycles. The second-order valence-electron chi connectivity index (χ2n) is 6.60. The highest BCUT2D eigenvalue weighted by Gasteiger charge is 2.29. The van der Waals surface area contributed by atoms with Gasteiger partial charge in [0.1, 0.15) is 0 Å². The van der Waals surface area contributed by atoms with Crippen LogP contribution in [-0.4, -0.2) is 18.0 Å². The number of aryl methyl sites for hydroxylation is 1. The first-order valence-corrected chi connectivity index (χ1v) is 7.33. The minimum absolute atomic E-state index is 0. The summed E-state index contributed by atoms with van der Waals surface area (Å²) in [4.78, 5) is 12.2. The molecule has 0 heterocycles. The average molecular weight is 313 g/mol. The molecule has 0 fully saturated rings. The number of benzene rings is 1. The van der Waals surface area contributed by atoms with Gasteiger partial charge in [0.05, 0.1) is 5.54 Å². The molecule has 1 rings (SSSR count). The molecule has 4 heteroatoms. The van der Waals surface area contributed by atoms with E-state index in [4.69, 9.17) is 5.73 Å². The quantitative estimate of drug-likeness (QED) is 0.846. The van der Waals surface area contributed by atoms with Crippen LogP contribution in [-0.2, 0) is 10.2 Å². The largest absolute Gasteiger partial charge is 0.354 e. The third-order valence-corrected chi connectivity index (χ3v) is 3.78. The van der Waals surface area contributed by atoms with Gasteiger partial charge in [-0.3, -0.25) is 4.79 Å². The lowest BCUT2D eigenvalue weighted by Crippen LogP contribution is -2.53. The Morgan fingerprint density at radius 1 is 1.29 bits per heavy atom. The summed E-state index contributed by atoms with van der Waals surface area (Å²) >= 11 is 0. The highest BCUT2D eigenvalue weighted by Crippen LogP contribution is 2.23. The molecule has 21 heavy (non-hydrogen) atoms. The van der Waals surface area contributed by atoms with E-state index in [1.54, 1.807) is 6.92 Å². The number of nitrogens with one attached hydrogen (secondary N) is 1. The highest BCUT2D eigenvalue weighted by atomic mass is 35.5. The monoisotopic (exact) mass is 312 g/mol. The Morgan fingerprint density at radius 2 is 1.90 bits per heavy atom. The zero-order chi connectivity index (χ0) is 15.4. The van der Waals surface area contributed by atoms with Crippen LogP contribution in [0.1, 0.15) is 51.7 Å². The van der Waals surface area contributed by atoms with Crippen LogP contribution in [0.2, 0.25) is 0 Å². The maximum atomic E-state index is 12.2. The van der Waals surface area contributed by atoms with Gasteiger partial charge in [0.25, 0.3) is 0 Å². The van der Waals surface area contributed by atoms with Gasteiger partial charge in [-0.25, -0.2) is 0 Å². The van der Waals surface area contributed by atoms with Crippen LogP contribution in [0.4, 0.5) is 0 Å². The van der Waals surface area contributed by atoms with Crippen molar-refractivity contribution in [3.05, 3.63) is 35.4 Å². The predicted molar refractivity (Wildman–Crippen MR) is 92.0 cm³/mol. The van der Waals surface area contributed by atoms with Gasteiger partial charge in [-0.1, -0.05) is 57.0 Å². The Morgan fingerprint density at radius 3 is 2.43 bits per heavy atom. The van der Waals surface area contributed by atoms with E-state index >= 15 is 0 Å². The summed E-state index contributed by atoms with van der Waals surface area (Å²) in [5.41, 5.74) is 7.63. The molecule has 3 N–H and O–H groups in total. The van der Waals surface area contributed by atoms with Crippen LogP contribution in [0.3, 0.4) is 0 Å². The lowest BCUT2D eigenvalue weighted by Gasteiger charge is -2.29. The Labute approximate surface area is 135 Å². The van der Waals surface area contributed by atoms with Gasteiger partial charge >= 0.3 is 0 Å². The third kappa shape index (κ3) is 5.68. The van der Waals surface area contributed by atoms with Crippen molar-refractivity contribution in [3.8, 4) is 0 Å². The molecule has 0 bridgehead atoms. The minimum Gasteiger partial charge on any atom is -0.354 e. The van der Waals surface area contributed by atoms with Crippen molar-refractivity contribution < 1.29 is 4.79 Å². The summed E-state index contributed by atoms with van der Waals surface area (Å²) in [7, 11) is 0. The fourth-order valence-corrected chi connectivity index (χ4v) is 2.30.